The first-order chi connectivity index (χ1) is 10.2. The maximum absolute atomic E-state index is 13.8. The van der Waals surface area contributed by atoms with Gasteiger partial charge in [0.2, 0.25) is 0 Å². The highest BCUT2D eigenvalue weighted by Crippen LogP contribution is 2.20. The normalized spacial score (nSPS) is 12.4. The van der Waals surface area contributed by atoms with Crippen molar-refractivity contribution in [2.75, 3.05) is 13.7 Å². The number of halogens is 1. The number of hydrogen-bond acceptors (Lipinski definition) is 2. The van der Waals surface area contributed by atoms with Gasteiger partial charge in [-0.1, -0.05) is 13.0 Å². The molecule has 0 spiro atoms. The third kappa shape index (κ3) is 3.85. The molecule has 2 aromatic rings. The molecule has 0 saturated heterocycles. The Bertz CT molecular complexity index is 580. The van der Waals surface area contributed by atoms with E-state index in [2.05, 4.69) is 29.8 Å². The molecule has 0 aliphatic carbocycles. The quantitative estimate of drug-likeness (QED) is 0.840. The van der Waals surface area contributed by atoms with E-state index in [0.717, 1.165) is 18.5 Å². The van der Waals surface area contributed by atoms with E-state index in [4.69, 9.17) is 4.74 Å². The first kappa shape index (κ1) is 15.6. The third-order valence-electron chi connectivity index (χ3n) is 3.58. The highest BCUT2D eigenvalue weighted by Gasteiger charge is 2.10. The minimum atomic E-state index is -0.319. The van der Waals surface area contributed by atoms with E-state index < -0.39 is 0 Å². The number of nitrogens with zero attached hydrogens (tertiary/aromatic N) is 1. The van der Waals surface area contributed by atoms with Gasteiger partial charge >= 0.3 is 0 Å². The van der Waals surface area contributed by atoms with Crippen LogP contribution in [-0.2, 0) is 6.54 Å². The van der Waals surface area contributed by atoms with E-state index in [0.29, 0.717) is 6.54 Å². The summed E-state index contributed by atoms with van der Waals surface area (Å²) in [7, 11) is 1.48. The molecule has 0 saturated carbocycles. The molecule has 1 aromatic carbocycles. The van der Waals surface area contributed by atoms with Crippen molar-refractivity contribution in [1.82, 2.24) is 9.88 Å². The van der Waals surface area contributed by atoms with Crippen LogP contribution < -0.4 is 10.1 Å². The van der Waals surface area contributed by atoms with Gasteiger partial charge < -0.3 is 14.6 Å². The molecule has 1 atom stereocenters. The number of rotatable bonds is 7. The zero-order chi connectivity index (χ0) is 15.2. The van der Waals surface area contributed by atoms with Gasteiger partial charge in [0.15, 0.2) is 11.6 Å². The van der Waals surface area contributed by atoms with Gasteiger partial charge in [-0.15, -0.1) is 0 Å². The van der Waals surface area contributed by atoms with Gasteiger partial charge in [0, 0.05) is 24.5 Å². The van der Waals surface area contributed by atoms with Crippen LogP contribution in [0.1, 0.15) is 37.6 Å². The molecule has 0 aliphatic rings. The first-order valence-corrected chi connectivity index (χ1v) is 7.36. The molecule has 3 nitrogen and oxygen atoms in total. The van der Waals surface area contributed by atoms with Crippen LogP contribution in [0, 0.1) is 5.82 Å². The molecular formula is C17H23FN2O. The smallest absolute Gasteiger partial charge is 0.165 e. The fourth-order valence-corrected chi connectivity index (χ4v) is 2.43. The maximum Gasteiger partial charge on any atom is 0.165 e. The molecule has 2 rings (SSSR count). The highest BCUT2D eigenvalue weighted by molar-refractivity contribution is 5.30. The molecule has 4 heteroatoms. The van der Waals surface area contributed by atoms with Crippen LogP contribution in [0.4, 0.5) is 4.39 Å². The number of benzene rings is 1. The van der Waals surface area contributed by atoms with Crippen molar-refractivity contribution in [1.29, 1.82) is 0 Å². The van der Waals surface area contributed by atoms with E-state index in [-0.39, 0.29) is 17.6 Å². The Morgan fingerprint density at radius 2 is 2.14 bits per heavy atom. The summed E-state index contributed by atoms with van der Waals surface area (Å²) in [5, 5.41) is 3.48. The van der Waals surface area contributed by atoms with Gasteiger partial charge in [-0.2, -0.15) is 0 Å². The second-order valence-electron chi connectivity index (χ2n) is 5.21. The third-order valence-corrected chi connectivity index (χ3v) is 3.58. The van der Waals surface area contributed by atoms with Crippen LogP contribution in [0.3, 0.4) is 0 Å². The number of ether oxygens (including phenoxy) is 1. The lowest BCUT2D eigenvalue weighted by atomic mass is 10.2. The average molecular weight is 290 g/mol. The van der Waals surface area contributed by atoms with E-state index in [1.54, 1.807) is 6.07 Å². The van der Waals surface area contributed by atoms with Crippen molar-refractivity contribution in [2.45, 2.75) is 32.9 Å². The van der Waals surface area contributed by atoms with Crippen LogP contribution in [0.25, 0.3) is 0 Å². The summed E-state index contributed by atoms with van der Waals surface area (Å²) >= 11 is 0. The second-order valence-corrected chi connectivity index (χ2v) is 5.21. The Morgan fingerprint density at radius 3 is 2.81 bits per heavy atom. The number of hydrogen-bond donors (Lipinski definition) is 1. The molecule has 21 heavy (non-hydrogen) atoms. The van der Waals surface area contributed by atoms with Crippen molar-refractivity contribution in [3.05, 3.63) is 53.6 Å². The van der Waals surface area contributed by atoms with Gasteiger partial charge in [-0.25, -0.2) is 4.39 Å². The predicted molar refractivity (Wildman–Crippen MR) is 83.2 cm³/mol. The molecule has 0 radical (unpaired) electrons. The lowest BCUT2D eigenvalue weighted by molar-refractivity contribution is 0.386. The van der Waals surface area contributed by atoms with Crippen LogP contribution in [0.2, 0.25) is 0 Å². The number of nitrogens with one attached hydrogen (secondary N) is 1. The monoisotopic (exact) mass is 290 g/mol. The molecular weight excluding hydrogens is 267 g/mol. The van der Waals surface area contributed by atoms with Crippen molar-refractivity contribution in [2.24, 2.45) is 0 Å². The van der Waals surface area contributed by atoms with Gasteiger partial charge in [-0.05, 0) is 49.7 Å². The summed E-state index contributed by atoms with van der Waals surface area (Å²) in [5.74, 6) is -0.0367. The highest BCUT2D eigenvalue weighted by atomic mass is 19.1. The van der Waals surface area contributed by atoms with E-state index in [9.17, 15) is 4.39 Å². The summed E-state index contributed by atoms with van der Waals surface area (Å²) in [6.07, 6.45) is 3.14. The Labute approximate surface area is 125 Å². The molecule has 1 aromatic heterocycles. The van der Waals surface area contributed by atoms with E-state index in [1.165, 1.54) is 18.9 Å². The van der Waals surface area contributed by atoms with Crippen LogP contribution >= 0.6 is 0 Å². The summed E-state index contributed by atoms with van der Waals surface area (Å²) in [5.41, 5.74) is 2.13. The molecule has 0 aliphatic heterocycles. The first-order valence-electron chi connectivity index (χ1n) is 7.36. The summed E-state index contributed by atoms with van der Waals surface area (Å²) in [6, 6.07) is 9.52. The Hall–Kier alpha value is -1.81. The molecule has 1 unspecified atom stereocenters. The van der Waals surface area contributed by atoms with Crippen molar-refractivity contribution < 1.29 is 9.13 Å². The largest absolute Gasteiger partial charge is 0.494 e. The van der Waals surface area contributed by atoms with Crippen LogP contribution in [-0.4, -0.2) is 18.2 Å². The van der Waals surface area contributed by atoms with Crippen molar-refractivity contribution in [3.8, 4) is 5.75 Å². The maximum atomic E-state index is 13.8. The standard InChI is InChI=1S/C17H23FN2O/c1-4-9-19-13(2)16-6-5-10-20(16)12-14-7-8-17(21-3)15(18)11-14/h5-8,10-11,13,19H,4,9,12H2,1-3H3. The van der Waals surface area contributed by atoms with Gasteiger partial charge in [0.25, 0.3) is 0 Å². The topological polar surface area (TPSA) is 26.2 Å². The Kier molecular flexibility index (Phi) is 5.39. The van der Waals surface area contributed by atoms with Gasteiger partial charge in [-0.3, -0.25) is 0 Å². The van der Waals surface area contributed by atoms with Gasteiger partial charge in [0.1, 0.15) is 0 Å². The molecule has 0 bridgehead atoms. The minimum Gasteiger partial charge on any atom is -0.494 e. The molecule has 0 fully saturated rings. The molecule has 1 N–H and O–H groups in total. The lowest BCUT2D eigenvalue weighted by Crippen LogP contribution is -2.22. The minimum absolute atomic E-state index is 0.281. The zero-order valence-electron chi connectivity index (χ0n) is 12.9. The summed E-state index contributed by atoms with van der Waals surface area (Å²) in [4.78, 5) is 0. The van der Waals surface area contributed by atoms with Gasteiger partial charge in [0.05, 0.1) is 7.11 Å². The zero-order valence-corrected chi connectivity index (χ0v) is 12.9. The predicted octanol–water partition coefficient (Wildman–Crippen LogP) is 3.74. The number of methoxy groups -OCH3 is 1. The fourth-order valence-electron chi connectivity index (χ4n) is 2.43. The SMILES string of the molecule is CCCNC(C)c1cccn1Cc1ccc(OC)c(F)c1. The Balaban J connectivity index is 2.13. The average Bonchev–Trinajstić information content (AvgIpc) is 2.93. The number of aromatic nitrogens is 1. The summed E-state index contributed by atoms with van der Waals surface area (Å²) in [6.45, 7) is 5.94. The van der Waals surface area contributed by atoms with Crippen LogP contribution in [0.15, 0.2) is 36.5 Å². The van der Waals surface area contributed by atoms with Crippen molar-refractivity contribution >= 4 is 0 Å². The fraction of sp³-hybridized carbons (Fsp3) is 0.412. The summed E-state index contributed by atoms with van der Waals surface area (Å²) < 4.78 is 20.9. The van der Waals surface area contributed by atoms with Crippen molar-refractivity contribution in [3.63, 3.8) is 0 Å². The lowest BCUT2D eigenvalue weighted by Gasteiger charge is -2.17. The van der Waals surface area contributed by atoms with E-state index >= 15 is 0 Å². The second kappa shape index (κ2) is 7.27. The molecule has 0 amide bonds. The van der Waals surface area contributed by atoms with Crippen LogP contribution in [0.5, 0.6) is 5.75 Å². The molecule has 1 heterocycles. The van der Waals surface area contributed by atoms with E-state index in [1.807, 2.05) is 18.3 Å². The molecule has 114 valence electrons. The Morgan fingerprint density at radius 1 is 1.33 bits per heavy atom.